The molecule has 1 heterocycles. The quantitative estimate of drug-likeness (QED) is 0.788. The Morgan fingerprint density at radius 3 is 2.67 bits per heavy atom. The Hall–Kier alpha value is -0.360. The average Bonchev–Trinajstić information content (AvgIpc) is 2.50. The minimum atomic E-state index is -0.0460. The number of carbonyl (C=O) groups excluding carboxylic acids is 1. The molecular formula is C12H26ClN3O2. The maximum absolute atomic E-state index is 11.9. The summed E-state index contributed by atoms with van der Waals surface area (Å²) in [6.45, 7) is 7.24. The van der Waals surface area contributed by atoms with Crippen molar-refractivity contribution in [1.29, 1.82) is 0 Å². The van der Waals surface area contributed by atoms with Gasteiger partial charge in [0.15, 0.2) is 0 Å². The van der Waals surface area contributed by atoms with Crippen LogP contribution in [0.25, 0.3) is 0 Å². The Balaban J connectivity index is 0.00000289. The molecule has 0 spiro atoms. The van der Waals surface area contributed by atoms with Gasteiger partial charge in [-0.05, 0) is 19.9 Å². The predicted molar refractivity (Wildman–Crippen MR) is 75.0 cm³/mol. The molecule has 1 atom stereocenters. The summed E-state index contributed by atoms with van der Waals surface area (Å²) in [5, 5.41) is 0. The van der Waals surface area contributed by atoms with Crippen LogP contribution in [0, 0.1) is 0 Å². The molecule has 1 amide bonds. The molecule has 6 heteroatoms. The molecule has 0 aliphatic carbocycles. The van der Waals surface area contributed by atoms with Crippen LogP contribution in [0.15, 0.2) is 0 Å². The lowest BCUT2D eigenvalue weighted by atomic mass is 10.2. The average molecular weight is 280 g/mol. The minimum absolute atomic E-state index is 0. The van der Waals surface area contributed by atoms with Crippen LogP contribution in [0.4, 0.5) is 0 Å². The molecule has 1 aliphatic rings. The Morgan fingerprint density at radius 2 is 2.06 bits per heavy atom. The van der Waals surface area contributed by atoms with E-state index in [1.54, 1.807) is 7.11 Å². The second kappa shape index (κ2) is 9.55. The summed E-state index contributed by atoms with van der Waals surface area (Å²) in [4.78, 5) is 16.2. The van der Waals surface area contributed by atoms with Gasteiger partial charge in [-0.15, -0.1) is 12.4 Å². The van der Waals surface area contributed by atoms with Crippen LogP contribution in [-0.4, -0.2) is 68.2 Å². The molecule has 1 saturated heterocycles. The Kier molecular flexibility index (Phi) is 9.36. The van der Waals surface area contributed by atoms with E-state index in [0.29, 0.717) is 6.42 Å². The number of rotatable bonds is 5. The van der Waals surface area contributed by atoms with Crippen molar-refractivity contribution in [3.05, 3.63) is 0 Å². The number of halogens is 1. The number of nitrogens with zero attached hydrogens (tertiary/aromatic N) is 2. The summed E-state index contributed by atoms with van der Waals surface area (Å²) in [6.07, 6.45) is 1.49. The summed E-state index contributed by atoms with van der Waals surface area (Å²) in [5.74, 6) is 0.189. The van der Waals surface area contributed by atoms with E-state index in [4.69, 9.17) is 10.5 Å². The van der Waals surface area contributed by atoms with Gasteiger partial charge < -0.3 is 15.4 Å². The van der Waals surface area contributed by atoms with E-state index in [2.05, 4.69) is 4.90 Å². The van der Waals surface area contributed by atoms with E-state index in [1.807, 2.05) is 11.8 Å². The van der Waals surface area contributed by atoms with Gasteiger partial charge in [-0.3, -0.25) is 9.69 Å². The van der Waals surface area contributed by atoms with Crippen molar-refractivity contribution in [3.8, 4) is 0 Å². The van der Waals surface area contributed by atoms with Gasteiger partial charge in [0.05, 0.1) is 6.61 Å². The first-order valence-electron chi connectivity index (χ1n) is 6.38. The monoisotopic (exact) mass is 279 g/mol. The zero-order valence-electron chi connectivity index (χ0n) is 11.4. The van der Waals surface area contributed by atoms with Crippen molar-refractivity contribution in [2.24, 2.45) is 5.73 Å². The van der Waals surface area contributed by atoms with Crippen molar-refractivity contribution in [2.45, 2.75) is 25.8 Å². The number of methoxy groups -OCH3 is 1. The molecule has 108 valence electrons. The SMILES string of the molecule is COCCN1CCCN(C(=O)CC(C)N)CC1.Cl. The van der Waals surface area contributed by atoms with Crippen LogP contribution in [0.5, 0.6) is 0 Å². The second-order valence-electron chi connectivity index (χ2n) is 4.75. The molecule has 5 nitrogen and oxygen atoms in total. The van der Waals surface area contributed by atoms with Crippen LogP contribution in [0.1, 0.15) is 19.8 Å². The van der Waals surface area contributed by atoms with E-state index in [0.717, 1.165) is 45.8 Å². The molecule has 0 aromatic rings. The van der Waals surface area contributed by atoms with Crippen LogP contribution in [0.3, 0.4) is 0 Å². The largest absolute Gasteiger partial charge is 0.383 e. The molecule has 2 N–H and O–H groups in total. The lowest BCUT2D eigenvalue weighted by Crippen LogP contribution is -2.38. The number of nitrogens with two attached hydrogens (primary N) is 1. The van der Waals surface area contributed by atoms with Crippen molar-refractivity contribution < 1.29 is 9.53 Å². The Bertz CT molecular complexity index is 239. The lowest BCUT2D eigenvalue weighted by Gasteiger charge is -2.22. The first-order chi connectivity index (χ1) is 8.13. The number of ether oxygens (including phenoxy) is 1. The molecule has 18 heavy (non-hydrogen) atoms. The molecule has 1 aliphatic heterocycles. The second-order valence-corrected chi connectivity index (χ2v) is 4.75. The highest BCUT2D eigenvalue weighted by Crippen LogP contribution is 2.05. The topological polar surface area (TPSA) is 58.8 Å². The molecule has 1 rings (SSSR count). The number of hydrogen-bond acceptors (Lipinski definition) is 4. The van der Waals surface area contributed by atoms with E-state index in [9.17, 15) is 4.79 Å². The molecule has 0 radical (unpaired) electrons. The van der Waals surface area contributed by atoms with Crippen LogP contribution >= 0.6 is 12.4 Å². The molecular weight excluding hydrogens is 254 g/mol. The van der Waals surface area contributed by atoms with Crippen molar-refractivity contribution in [2.75, 3.05) is 46.4 Å². The van der Waals surface area contributed by atoms with Gasteiger partial charge in [0, 0.05) is 45.8 Å². The Labute approximate surface area is 116 Å². The zero-order valence-corrected chi connectivity index (χ0v) is 12.2. The van der Waals surface area contributed by atoms with E-state index in [1.165, 1.54) is 0 Å². The van der Waals surface area contributed by atoms with Gasteiger partial charge in [0.25, 0.3) is 0 Å². The highest BCUT2D eigenvalue weighted by atomic mass is 35.5. The standard InChI is InChI=1S/C12H25N3O2.ClH/c1-11(13)10-12(16)15-5-3-4-14(6-7-15)8-9-17-2;/h11H,3-10,13H2,1-2H3;1H. The molecule has 0 saturated carbocycles. The maximum atomic E-state index is 11.9. The Morgan fingerprint density at radius 1 is 1.33 bits per heavy atom. The molecule has 0 aromatic carbocycles. The highest BCUT2D eigenvalue weighted by Gasteiger charge is 2.19. The van der Waals surface area contributed by atoms with Gasteiger partial charge in [0.1, 0.15) is 0 Å². The third-order valence-electron chi connectivity index (χ3n) is 3.05. The van der Waals surface area contributed by atoms with Crippen molar-refractivity contribution in [1.82, 2.24) is 9.80 Å². The third kappa shape index (κ3) is 6.54. The summed E-state index contributed by atoms with van der Waals surface area (Å²) in [7, 11) is 1.72. The lowest BCUT2D eigenvalue weighted by molar-refractivity contribution is -0.131. The van der Waals surface area contributed by atoms with Gasteiger partial charge in [0.2, 0.25) is 5.91 Å². The smallest absolute Gasteiger partial charge is 0.224 e. The van der Waals surface area contributed by atoms with Gasteiger partial charge in [-0.1, -0.05) is 0 Å². The van der Waals surface area contributed by atoms with E-state index in [-0.39, 0.29) is 24.4 Å². The first-order valence-corrected chi connectivity index (χ1v) is 6.38. The van der Waals surface area contributed by atoms with Crippen LogP contribution in [-0.2, 0) is 9.53 Å². The molecule has 1 fully saturated rings. The van der Waals surface area contributed by atoms with E-state index < -0.39 is 0 Å². The van der Waals surface area contributed by atoms with E-state index >= 15 is 0 Å². The fourth-order valence-corrected chi connectivity index (χ4v) is 2.07. The highest BCUT2D eigenvalue weighted by molar-refractivity contribution is 5.85. The minimum Gasteiger partial charge on any atom is -0.383 e. The van der Waals surface area contributed by atoms with Crippen LogP contribution < -0.4 is 5.73 Å². The molecule has 0 bridgehead atoms. The van der Waals surface area contributed by atoms with Crippen molar-refractivity contribution in [3.63, 3.8) is 0 Å². The fourth-order valence-electron chi connectivity index (χ4n) is 2.07. The van der Waals surface area contributed by atoms with Crippen LogP contribution in [0.2, 0.25) is 0 Å². The number of carbonyl (C=O) groups is 1. The van der Waals surface area contributed by atoms with Gasteiger partial charge in [-0.25, -0.2) is 0 Å². The maximum Gasteiger partial charge on any atom is 0.224 e. The summed E-state index contributed by atoms with van der Waals surface area (Å²) in [6, 6.07) is -0.0460. The number of hydrogen-bond donors (Lipinski definition) is 1. The normalized spacial score (nSPS) is 18.9. The molecule has 0 aromatic heterocycles. The van der Waals surface area contributed by atoms with Gasteiger partial charge >= 0.3 is 0 Å². The predicted octanol–water partition coefficient (Wildman–Crippen LogP) is 0.326. The summed E-state index contributed by atoms with van der Waals surface area (Å²) in [5.41, 5.74) is 5.66. The first kappa shape index (κ1) is 17.6. The summed E-state index contributed by atoms with van der Waals surface area (Å²) < 4.78 is 5.07. The fraction of sp³-hybridized carbons (Fsp3) is 0.917. The third-order valence-corrected chi connectivity index (χ3v) is 3.05. The number of amides is 1. The van der Waals surface area contributed by atoms with Gasteiger partial charge in [-0.2, -0.15) is 0 Å². The zero-order chi connectivity index (χ0) is 12.7. The summed E-state index contributed by atoms with van der Waals surface area (Å²) >= 11 is 0. The van der Waals surface area contributed by atoms with Crippen molar-refractivity contribution >= 4 is 18.3 Å². The molecule has 1 unspecified atom stereocenters.